The summed E-state index contributed by atoms with van der Waals surface area (Å²) in [6.45, 7) is 18.7. The van der Waals surface area contributed by atoms with Crippen LogP contribution in [0.25, 0.3) is 0 Å². The molecule has 116 valence electrons. The lowest BCUT2D eigenvalue weighted by Crippen LogP contribution is -2.58. The van der Waals surface area contributed by atoms with Gasteiger partial charge in [-0.3, -0.25) is 0 Å². The van der Waals surface area contributed by atoms with Gasteiger partial charge in [0.2, 0.25) is 0 Å². The molecule has 0 atom stereocenters. The zero-order chi connectivity index (χ0) is 15.4. The molecular weight excluding hydrogens is 244 g/mol. The third kappa shape index (κ3) is 3.85. The third-order valence-electron chi connectivity index (χ3n) is 4.47. The second kappa shape index (κ2) is 4.58. The first kappa shape index (κ1) is 16.0. The van der Waals surface area contributed by atoms with Gasteiger partial charge in [-0.1, -0.05) is 11.1 Å². The molecule has 2 N–H and O–H groups in total. The zero-order valence-electron chi connectivity index (χ0n) is 14.8. The van der Waals surface area contributed by atoms with Crippen molar-refractivity contribution in [2.24, 2.45) is 0 Å². The number of piperidine rings is 2. The monoisotopic (exact) mass is 278 g/mol. The standard InChI is InChI=1S/C18H34N2/c1-15(2)9-13(10-16(3,4)19-15)14-11-17(5,6)20-18(7,8)12-14/h19-20H,9-12H2,1-8H3. The Morgan fingerprint density at radius 1 is 0.500 bits per heavy atom. The van der Waals surface area contributed by atoms with Crippen LogP contribution in [0.4, 0.5) is 0 Å². The van der Waals surface area contributed by atoms with Crippen molar-refractivity contribution in [2.45, 2.75) is 103 Å². The highest BCUT2D eigenvalue weighted by Crippen LogP contribution is 2.41. The van der Waals surface area contributed by atoms with Crippen molar-refractivity contribution < 1.29 is 0 Å². The summed E-state index contributed by atoms with van der Waals surface area (Å²) < 4.78 is 0. The molecule has 0 aromatic rings. The fourth-order valence-corrected chi connectivity index (χ4v) is 4.77. The molecule has 20 heavy (non-hydrogen) atoms. The van der Waals surface area contributed by atoms with E-state index in [-0.39, 0.29) is 22.2 Å². The van der Waals surface area contributed by atoms with Crippen molar-refractivity contribution >= 4 is 0 Å². The number of hydrogen-bond acceptors (Lipinski definition) is 2. The van der Waals surface area contributed by atoms with Gasteiger partial charge in [-0.2, -0.15) is 0 Å². The van der Waals surface area contributed by atoms with Crippen LogP contribution in [0.3, 0.4) is 0 Å². The average Bonchev–Trinajstić information content (AvgIpc) is 2.06. The maximum absolute atomic E-state index is 3.79. The Bertz CT molecular complexity index is 349. The average molecular weight is 278 g/mol. The molecule has 2 rings (SSSR count). The van der Waals surface area contributed by atoms with Crippen molar-refractivity contribution in [3.63, 3.8) is 0 Å². The van der Waals surface area contributed by atoms with Crippen LogP contribution in [0.5, 0.6) is 0 Å². The molecule has 2 fully saturated rings. The highest BCUT2D eigenvalue weighted by atomic mass is 15.1. The molecule has 0 saturated carbocycles. The summed E-state index contributed by atoms with van der Waals surface area (Å²) in [4.78, 5) is 0. The van der Waals surface area contributed by atoms with Gasteiger partial charge in [0.15, 0.2) is 0 Å². The minimum absolute atomic E-state index is 0.212. The van der Waals surface area contributed by atoms with Crippen molar-refractivity contribution in [3.8, 4) is 0 Å². The summed E-state index contributed by atoms with van der Waals surface area (Å²) in [6, 6.07) is 0. The first-order valence-corrected chi connectivity index (χ1v) is 8.08. The maximum atomic E-state index is 3.79. The van der Waals surface area contributed by atoms with Crippen LogP contribution >= 0.6 is 0 Å². The van der Waals surface area contributed by atoms with Gasteiger partial charge < -0.3 is 10.6 Å². The van der Waals surface area contributed by atoms with Crippen LogP contribution in [0, 0.1) is 0 Å². The van der Waals surface area contributed by atoms with Crippen LogP contribution in [0.1, 0.15) is 81.1 Å². The second-order valence-electron chi connectivity index (χ2n) is 9.70. The molecular formula is C18H34N2. The highest BCUT2D eigenvalue weighted by Gasteiger charge is 2.40. The Labute approximate surface area is 125 Å². The molecule has 0 aliphatic carbocycles. The summed E-state index contributed by atoms with van der Waals surface area (Å²) in [5.74, 6) is 0. The lowest BCUT2D eigenvalue weighted by atomic mass is 9.71. The lowest BCUT2D eigenvalue weighted by molar-refractivity contribution is 0.200. The molecule has 2 aliphatic rings. The van der Waals surface area contributed by atoms with Crippen LogP contribution in [-0.2, 0) is 0 Å². The van der Waals surface area contributed by atoms with E-state index in [1.54, 1.807) is 11.1 Å². The molecule has 0 aromatic heterocycles. The predicted molar refractivity (Wildman–Crippen MR) is 88.1 cm³/mol. The van der Waals surface area contributed by atoms with E-state index in [4.69, 9.17) is 0 Å². The van der Waals surface area contributed by atoms with E-state index in [0.717, 1.165) is 0 Å². The lowest BCUT2D eigenvalue weighted by Gasteiger charge is -2.49. The van der Waals surface area contributed by atoms with Crippen LogP contribution in [-0.4, -0.2) is 22.2 Å². The van der Waals surface area contributed by atoms with E-state index in [0.29, 0.717) is 0 Å². The molecule has 0 spiro atoms. The molecule has 0 bridgehead atoms. The molecule has 2 aliphatic heterocycles. The highest BCUT2D eigenvalue weighted by molar-refractivity contribution is 5.28. The van der Waals surface area contributed by atoms with Crippen molar-refractivity contribution in [2.75, 3.05) is 0 Å². The Morgan fingerprint density at radius 3 is 0.900 bits per heavy atom. The van der Waals surface area contributed by atoms with Gasteiger partial charge in [-0.25, -0.2) is 0 Å². The smallest absolute Gasteiger partial charge is 0.0167 e. The second-order valence-corrected chi connectivity index (χ2v) is 9.70. The first-order valence-electron chi connectivity index (χ1n) is 8.08. The van der Waals surface area contributed by atoms with Gasteiger partial charge in [-0.15, -0.1) is 0 Å². The molecule has 0 aromatic carbocycles. The fourth-order valence-electron chi connectivity index (χ4n) is 4.77. The predicted octanol–water partition coefficient (Wildman–Crippen LogP) is 4.16. The van der Waals surface area contributed by atoms with Crippen LogP contribution < -0.4 is 10.6 Å². The quantitative estimate of drug-likeness (QED) is 0.650. The summed E-state index contributed by atoms with van der Waals surface area (Å²) >= 11 is 0. The summed E-state index contributed by atoms with van der Waals surface area (Å²) in [6.07, 6.45) is 4.77. The maximum Gasteiger partial charge on any atom is 0.0167 e. The van der Waals surface area contributed by atoms with E-state index in [9.17, 15) is 0 Å². The number of nitrogens with one attached hydrogen (secondary N) is 2. The van der Waals surface area contributed by atoms with Gasteiger partial charge in [0.1, 0.15) is 0 Å². The van der Waals surface area contributed by atoms with E-state index in [1.807, 2.05) is 0 Å². The molecule has 2 heterocycles. The van der Waals surface area contributed by atoms with Gasteiger partial charge in [0, 0.05) is 22.2 Å². The Hall–Kier alpha value is -0.340. The summed E-state index contributed by atoms with van der Waals surface area (Å²) in [5.41, 5.74) is 4.27. The van der Waals surface area contributed by atoms with Gasteiger partial charge in [-0.05, 0) is 81.1 Å². The number of hydrogen-bond donors (Lipinski definition) is 2. The minimum atomic E-state index is 0.212. The van der Waals surface area contributed by atoms with Crippen LogP contribution in [0.15, 0.2) is 11.1 Å². The third-order valence-corrected chi connectivity index (χ3v) is 4.47. The van der Waals surface area contributed by atoms with E-state index in [2.05, 4.69) is 66.0 Å². The normalized spacial score (nSPS) is 31.2. The molecule has 2 heteroatoms. The van der Waals surface area contributed by atoms with Crippen molar-refractivity contribution in [1.82, 2.24) is 10.6 Å². The van der Waals surface area contributed by atoms with Crippen molar-refractivity contribution in [1.29, 1.82) is 0 Å². The molecule has 0 amide bonds. The van der Waals surface area contributed by atoms with E-state index in [1.165, 1.54) is 25.7 Å². The zero-order valence-corrected chi connectivity index (χ0v) is 14.8. The Kier molecular flexibility index (Phi) is 3.67. The largest absolute Gasteiger partial charge is 0.306 e. The van der Waals surface area contributed by atoms with Gasteiger partial charge >= 0.3 is 0 Å². The molecule has 2 nitrogen and oxygen atoms in total. The van der Waals surface area contributed by atoms with Crippen LogP contribution in [0.2, 0.25) is 0 Å². The number of rotatable bonds is 0. The topological polar surface area (TPSA) is 24.1 Å². The Morgan fingerprint density at radius 2 is 0.700 bits per heavy atom. The molecule has 2 saturated heterocycles. The van der Waals surface area contributed by atoms with Crippen molar-refractivity contribution in [3.05, 3.63) is 11.1 Å². The summed E-state index contributed by atoms with van der Waals surface area (Å²) in [5, 5.41) is 7.59. The fraction of sp³-hybridized carbons (Fsp3) is 0.889. The Balaban J connectivity index is 2.35. The first-order chi connectivity index (χ1) is 8.79. The van der Waals surface area contributed by atoms with E-state index < -0.39 is 0 Å². The summed E-state index contributed by atoms with van der Waals surface area (Å²) in [7, 11) is 0. The van der Waals surface area contributed by atoms with Gasteiger partial charge in [0.25, 0.3) is 0 Å². The molecule has 0 radical (unpaired) electrons. The molecule has 0 unspecified atom stereocenters. The van der Waals surface area contributed by atoms with Gasteiger partial charge in [0.05, 0.1) is 0 Å². The minimum Gasteiger partial charge on any atom is -0.306 e. The SMILES string of the molecule is CC1(C)CC(=C2CC(C)(C)NC(C)(C)C2)CC(C)(C)N1. The van der Waals surface area contributed by atoms with E-state index >= 15 is 0 Å².